The summed E-state index contributed by atoms with van der Waals surface area (Å²) >= 11 is 1.70. The first kappa shape index (κ1) is 14.6. The number of hydrogen-bond acceptors (Lipinski definition) is 5. The minimum Gasteiger partial charge on any atom is -0.346 e. The van der Waals surface area contributed by atoms with Crippen LogP contribution in [0.1, 0.15) is 12.0 Å². The minimum atomic E-state index is 0.579. The Bertz CT molecular complexity index is 753. The highest BCUT2D eigenvalue weighted by molar-refractivity contribution is 7.21. The summed E-state index contributed by atoms with van der Waals surface area (Å²) in [4.78, 5) is 15.0. The van der Waals surface area contributed by atoms with Gasteiger partial charge in [-0.1, -0.05) is 41.7 Å². The lowest BCUT2D eigenvalue weighted by Gasteiger charge is -2.24. The summed E-state index contributed by atoms with van der Waals surface area (Å²) in [6.45, 7) is 3.12. The van der Waals surface area contributed by atoms with Gasteiger partial charge in [0.15, 0.2) is 5.13 Å². The summed E-state index contributed by atoms with van der Waals surface area (Å²) in [5.74, 6) is 0. The van der Waals surface area contributed by atoms with Crippen LogP contribution < -0.4 is 4.90 Å². The van der Waals surface area contributed by atoms with Crippen molar-refractivity contribution in [3.05, 3.63) is 54.2 Å². The Morgan fingerprint density at radius 2 is 2.09 bits per heavy atom. The van der Waals surface area contributed by atoms with Crippen LogP contribution in [0.2, 0.25) is 0 Å². The number of likely N-dealkylation sites (N-methyl/N-ethyl adjacent to an activating group) is 1. The Morgan fingerprint density at radius 1 is 1.22 bits per heavy atom. The van der Waals surface area contributed by atoms with E-state index in [-0.39, 0.29) is 0 Å². The maximum absolute atomic E-state index is 4.74. The molecule has 0 saturated carbocycles. The molecule has 1 aliphatic heterocycles. The van der Waals surface area contributed by atoms with Crippen LogP contribution >= 0.6 is 11.3 Å². The van der Waals surface area contributed by atoms with Crippen molar-refractivity contribution in [2.45, 2.75) is 19.0 Å². The third kappa shape index (κ3) is 3.07. The largest absolute Gasteiger partial charge is 0.346 e. The predicted molar refractivity (Wildman–Crippen MR) is 95.9 cm³/mol. The van der Waals surface area contributed by atoms with Gasteiger partial charge >= 0.3 is 0 Å². The van der Waals surface area contributed by atoms with E-state index in [1.54, 1.807) is 11.3 Å². The van der Waals surface area contributed by atoms with Gasteiger partial charge in [-0.25, -0.2) is 9.97 Å². The van der Waals surface area contributed by atoms with E-state index >= 15 is 0 Å². The van der Waals surface area contributed by atoms with Gasteiger partial charge in [-0.05, 0) is 31.2 Å². The van der Waals surface area contributed by atoms with Crippen molar-refractivity contribution in [1.82, 2.24) is 14.9 Å². The zero-order valence-electron chi connectivity index (χ0n) is 13.2. The molecule has 1 aromatic carbocycles. The fourth-order valence-corrected chi connectivity index (χ4v) is 4.11. The fraction of sp³-hybridized carbons (Fsp3) is 0.333. The van der Waals surface area contributed by atoms with Crippen molar-refractivity contribution in [2.75, 3.05) is 25.0 Å². The molecule has 1 fully saturated rings. The van der Waals surface area contributed by atoms with Crippen molar-refractivity contribution in [1.29, 1.82) is 0 Å². The molecule has 0 bridgehead atoms. The molecule has 1 unspecified atom stereocenters. The molecule has 23 heavy (non-hydrogen) atoms. The van der Waals surface area contributed by atoms with Gasteiger partial charge in [0.1, 0.15) is 10.3 Å². The molecule has 0 N–H and O–H groups in total. The first-order chi connectivity index (χ1) is 11.3. The molecule has 1 aliphatic rings. The number of thiazole rings is 1. The lowest BCUT2D eigenvalue weighted by Crippen LogP contribution is -2.34. The second-order valence-corrected chi connectivity index (χ2v) is 7.07. The normalized spacial score (nSPS) is 18.2. The molecule has 118 valence electrons. The van der Waals surface area contributed by atoms with Gasteiger partial charge in [0.2, 0.25) is 0 Å². The summed E-state index contributed by atoms with van der Waals surface area (Å²) in [6.07, 6.45) is 3.03. The third-order valence-corrected chi connectivity index (χ3v) is 5.53. The molecular weight excluding hydrogens is 304 g/mol. The Labute approximate surface area is 140 Å². The number of pyridine rings is 1. The average molecular weight is 324 g/mol. The summed E-state index contributed by atoms with van der Waals surface area (Å²) in [7, 11) is 2.22. The molecule has 1 saturated heterocycles. The van der Waals surface area contributed by atoms with Crippen molar-refractivity contribution >= 4 is 26.8 Å². The Kier molecular flexibility index (Phi) is 3.97. The maximum Gasteiger partial charge on any atom is 0.188 e. The third-order valence-electron chi connectivity index (χ3n) is 4.49. The monoisotopic (exact) mass is 324 g/mol. The molecule has 0 amide bonds. The van der Waals surface area contributed by atoms with Gasteiger partial charge in [-0.15, -0.1) is 0 Å². The second kappa shape index (κ2) is 6.26. The lowest BCUT2D eigenvalue weighted by molar-refractivity contribution is 0.250. The molecule has 2 aromatic heterocycles. The van der Waals surface area contributed by atoms with Crippen LogP contribution in [-0.4, -0.2) is 41.0 Å². The van der Waals surface area contributed by atoms with Crippen LogP contribution in [0.5, 0.6) is 0 Å². The fourth-order valence-electron chi connectivity index (χ4n) is 3.17. The number of aromatic nitrogens is 2. The van der Waals surface area contributed by atoms with Gasteiger partial charge in [0.05, 0.1) is 0 Å². The minimum absolute atomic E-state index is 0.579. The number of nitrogens with zero attached hydrogens (tertiary/aromatic N) is 4. The lowest BCUT2D eigenvalue weighted by atomic mass is 10.1. The molecule has 0 aliphatic carbocycles. The zero-order valence-corrected chi connectivity index (χ0v) is 14.0. The molecule has 3 aromatic rings. The number of fused-ring (bicyclic) bond motifs is 1. The summed E-state index contributed by atoms with van der Waals surface area (Å²) in [6, 6.07) is 15.3. The average Bonchev–Trinajstić information content (AvgIpc) is 3.22. The van der Waals surface area contributed by atoms with Crippen LogP contribution in [0.4, 0.5) is 5.13 Å². The highest BCUT2D eigenvalue weighted by Crippen LogP contribution is 2.30. The van der Waals surface area contributed by atoms with E-state index in [0.29, 0.717) is 6.04 Å². The van der Waals surface area contributed by atoms with Crippen molar-refractivity contribution < 1.29 is 0 Å². The molecule has 5 heteroatoms. The molecule has 1 atom stereocenters. The number of benzene rings is 1. The quantitative estimate of drug-likeness (QED) is 0.736. The predicted octanol–water partition coefficient (Wildman–Crippen LogP) is 3.40. The zero-order chi connectivity index (χ0) is 15.6. The Hall–Kier alpha value is -1.98. The van der Waals surface area contributed by atoms with Crippen molar-refractivity contribution in [3.63, 3.8) is 0 Å². The van der Waals surface area contributed by atoms with E-state index in [1.165, 1.54) is 12.0 Å². The van der Waals surface area contributed by atoms with Crippen LogP contribution in [0, 0.1) is 0 Å². The van der Waals surface area contributed by atoms with Gasteiger partial charge in [-0.3, -0.25) is 4.90 Å². The summed E-state index contributed by atoms with van der Waals surface area (Å²) in [5, 5.41) is 1.11. The summed E-state index contributed by atoms with van der Waals surface area (Å²) < 4.78 is 0. The van der Waals surface area contributed by atoms with Crippen LogP contribution in [0.3, 0.4) is 0 Å². The summed E-state index contributed by atoms with van der Waals surface area (Å²) in [5.41, 5.74) is 2.38. The van der Waals surface area contributed by atoms with E-state index < -0.39 is 0 Å². The molecular formula is C18H20N4S. The number of hydrogen-bond donors (Lipinski definition) is 0. The molecule has 3 heterocycles. The van der Waals surface area contributed by atoms with Gasteiger partial charge in [0.25, 0.3) is 0 Å². The van der Waals surface area contributed by atoms with E-state index in [2.05, 4.69) is 52.2 Å². The SMILES string of the molecule is CN(Cc1ccccc1)C1CCN(c2nc3cccnc3s2)C1. The van der Waals surface area contributed by atoms with E-state index in [0.717, 1.165) is 35.1 Å². The smallest absolute Gasteiger partial charge is 0.188 e. The number of anilines is 1. The van der Waals surface area contributed by atoms with Crippen molar-refractivity contribution in [3.8, 4) is 0 Å². The van der Waals surface area contributed by atoms with Crippen molar-refractivity contribution in [2.24, 2.45) is 0 Å². The molecule has 4 nitrogen and oxygen atoms in total. The van der Waals surface area contributed by atoms with E-state index in [4.69, 9.17) is 4.98 Å². The van der Waals surface area contributed by atoms with E-state index in [9.17, 15) is 0 Å². The van der Waals surface area contributed by atoms with Gasteiger partial charge in [-0.2, -0.15) is 0 Å². The van der Waals surface area contributed by atoms with E-state index in [1.807, 2.05) is 18.3 Å². The molecule has 0 spiro atoms. The topological polar surface area (TPSA) is 32.3 Å². The van der Waals surface area contributed by atoms with Crippen LogP contribution in [0.15, 0.2) is 48.7 Å². The number of rotatable bonds is 4. The maximum atomic E-state index is 4.74. The van der Waals surface area contributed by atoms with Crippen LogP contribution in [0.25, 0.3) is 10.3 Å². The highest BCUT2D eigenvalue weighted by Gasteiger charge is 2.27. The van der Waals surface area contributed by atoms with Crippen LogP contribution in [-0.2, 0) is 6.54 Å². The second-order valence-electron chi connectivity index (χ2n) is 6.11. The Morgan fingerprint density at radius 3 is 2.91 bits per heavy atom. The van der Waals surface area contributed by atoms with Gasteiger partial charge < -0.3 is 4.90 Å². The first-order valence-corrected chi connectivity index (χ1v) is 8.82. The molecule has 0 radical (unpaired) electrons. The first-order valence-electron chi connectivity index (χ1n) is 8.00. The molecule has 4 rings (SSSR count). The standard InChI is InChI=1S/C18H20N4S/c1-21(12-14-6-3-2-4-7-14)15-9-11-22(13-15)18-20-16-8-5-10-19-17(16)23-18/h2-8,10,15H,9,11-13H2,1H3. The highest BCUT2D eigenvalue weighted by atomic mass is 32.1. The van der Waals surface area contributed by atoms with Gasteiger partial charge in [0, 0.05) is 31.9 Å². The Balaban J connectivity index is 1.44.